The Kier molecular flexibility index (Phi) is 3.57. The molecule has 2 atom stereocenters. The number of carbonyl (C=O) groups excluding carboxylic acids is 1. The third-order valence-corrected chi connectivity index (χ3v) is 4.87. The SMILES string of the molecule is CCN1C[C@H]2CCN(C3CCOCC3)[C@H](C2)C1=O. The number of piperidine rings is 2. The molecule has 0 N–H and O–H groups in total. The lowest BCUT2D eigenvalue weighted by Crippen LogP contribution is -2.61. The van der Waals surface area contributed by atoms with Gasteiger partial charge in [-0.15, -0.1) is 0 Å². The summed E-state index contributed by atoms with van der Waals surface area (Å²) in [4.78, 5) is 17.0. The molecule has 3 rings (SSSR count). The third kappa shape index (κ3) is 2.16. The summed E-state index contributed by atoms with van der Waals surface area (Å²) in [5, 5.41) is 0. The summed E-state index contributed by atoms with van der Waals surface area (Å²) in [5.74, 6) is 1.11. The smallest absolute Gasteiger partial charge is 0.239 e. The summed E-state index contributed by atoms with van der Waals surface area (Å²) >= 11 is 0. The molecule has 2 bridgehead atoms. The predicted molar refractivity (Wildman–Crippen MR) is 69.3 cm³/mol. The van der Waals surface area contributed by atoms with Gasteiger partial charge < -0.3 is 9.64 Å². The molecular weight excluding hydrogens is 228 g/mol. The average molecular weight is 252 g/mol. The highest BCUT2D eigenvalue weighted by Gasteiger charge is 2.43. The van der Waals surface area contributed by atoms with Crippen molar-refractivity contribution in [2.45, 2.75) is 44.7 Å². The molecular formula is C14H24N2O2. The summed E-state index contributed by atoms with van der Waals surface area (Å²) in [6, 6.07) is 0.742. The van der Waals surface area contributed by atoms with E-state index < -0.39 is 0 Å². The van der Waals surface area contributed by atoms with Gasteiger partial charge in [0.25, 0.3) is 0 Å². The standard InChI is InChI=1S/C14H24N2O2/c1-2-15-10-11-3-6-16(13(9-11)14(15)17)12-4-7-18-8-5-12/h11-13H,2-10H2,1H3/t11-,13+/m0/s1. The van der Waals surface area contributed by atoms with Gasteiger partial charge in [0.2, 0.25) is 5.91 Å². The Hall–Kier alpha value is -0.610. The summed E-state index contributed by atoms with van der Waals surface area (Å²) in [6.45, 7) is 6.80. The van der Waals surface area contributed by atoms with E-state index in [2.05, 4.69) is 16.7 Å². The minimum Gasteiger partial charge on any atom is -0.381 e. The molecule has 3 aliphatic rings. The topological polar surface area (TPSA) is 32.8 Å². The van der Waals surface area contributed by atoms with Crippen molar-refractivity contribution >= 4 is 5.91 Å². The molecule has 3 fully saturated rings. The van der Waals surface area contributed by atoms with Crippen LogP contribution in [0.25, 0.3) is 0 Å². The molecule has 0 aliphatic carbocycles. The minimum atomic E-state index is 0.167. The number of likely N-dealkylation sites (N-methyl/N-ethyl adjacent to an activating group) is 1. The Morgan fingerprint density at radius 2 is 2.06 bits per heavy atom. The highest BCUT2D eigenvalue weighted by molar-refractivity contribution is 5.83. The van der Waals surface area contributed by atoms with Gasteiger partial charge in [0, 0.05) is 32.3 Å². The van der Waals surface area contributed by atoms with E-state index in [4.69, 9.17) is 4.74 Å². The second-order valence-electron chi connectivity index (χ2n) is 5.86. The predicted octanol–water partition coefficient (Wildman–Crippen LogP) is 1.11. The minimum absolute atomic E-state index is 0.167. The number of fused-ring (bicyclic) bond motifs is 2. The number of rotatable bonds is 2. The van der Waals surface area contributed by atoms with Gasteiger partial charge in [0.05, 0.1) is 6.04 Å². The molecule has 3 saturated heterocycles. The Morgan fingerprint density at radius 3 is 2.78 bits per heavy atom. The monoisotopic (exact) mass is 252 g/mol. The van der Waals surface area contributed by atoms with Crippen LogP contribution in [0.4, 0.5) is 0 Å². The summed E-state index contributed by atoms with van der Waals surface area (Å²) in [7, 11) is 0. The summed E-state index contributed by atoms with van der Waals surface area (Å²) in [6.07, 6.45) is 4.55. The Bertz CT molecular complexity index is 315. The largest absolute Gasteiger partial charge is 0.381 e. The van der Waals surface area contributed by atoms with Crippen LogP contribution in [0.3, 0.4) is 0 Å². The third-order valence-electron chi connectivity index (χ3n) is 4.87. The first-order chi connectivity index (χ1) is 8.79. The van der Waals surface area contributed by atoms with Crippen molar-refractivity contribution in [2.75, 3.05) is 32.8 Å². The number of likely N-dealkylation sites (tertiary alicyclic amines) is 2. The van der Waals surface area contributed by atoms with Gasteiger partial charge in [-0.05, 0) is 45.1 Å². The van der Waals surface area contributed by atoms with E-state index in [0.29, 0.717) is 11.9 Å². The molecule has 0 spiro atoms. The number of hydrogen-bond donors (Lipinski definition) is 0. The fourth-order valence-corrected chi connectivity index (χ4v) is 3.82. The van der Waals surface area contributed by atoms with Crippen LogP contribution in [-0.2, 0) is 9.53 Å². The fraction of sp³-hybridized carbons (Fsp3) is 0.929. The fourth-order valence-electron chi connectivity index (χ4n) is 3.82. The number of ether oxygens (including phenoxy) is 1. The number of hydrogen-bond acceptors (Lipinski definition) is 3. The van der Waals surface area contributed by atoms with Crippen LogP contribution < -0.4 is 0 Å². The second-order valence-corrected chi connectivity index (χ2v) is 5.86. The van der Waals surface area contributed by atoms with E-state index in [-0.39, 0.29) is 6.04 Å². The highest BCUT2D eigenvalue weighted by atomic mass is 16.5. The maximum absolute atomic E-state index is 12.5. The van der Waals surface area contributed by atoms with Crippen molar-refractivity contribution in [3.05, 3.63) is 0 Å². The molecule has 0 aromatic rings. The number of nitrogens with zero attached hydrogens (tertiary/aromatic N) is 2. The van der Waals surface area contributed by atoms with Crippen LogP contribution in [0, 0.1) is 5.92 Å². The van der Waals surface area contributed by atoms with Crippen LogP contribution in [0.5, 0.6) is 0 Å². The average Bonchev–Trinajstić information content (AvgIpc) is 2.44. The van der Waals surface area contributed by atoms with Crippen LogP contribution in [0.1, 0.15) is 32.6 Å². The first kappa shape index (κ1) is 12.4. The Morgan fingerprint density at radius 1 is 1.28 bits per heavy atom. The lowest BCUT2D eigenvalue weighted by molar-refractivity contribution is -0.148. The van der Waals surface area contributed by atoms with Crippen molar-refractivity contribution in [3.8, 4) is 0 Å². The first-order valence-electron chi connectivity index (χ1n) is 7.42. The van der Waals surface area contributed by atoms with Gasteiger partial charge in [-0.3, -0.25) is 9.69 Å². The van der Waals surface area contributed by atoms with Gasteiger partial charge in [-0.1, -0.05) is 0 Å². The van der Waals surface area contributed by atoms with E-state index >= 15 is 0 Å². The second kappa shape index (κ2) is 5.17. The van der Waals surface area contributed by atoms with E-state index in [1.807, 2.05) is 0 Å². The van der Waals surface area contributed by atoms with Crippen LogP contribution >= 0.6 is 0 Å². The Labute approximate surface area is 109 Å². The molecule has 0 aromatic heterocycles. The molecule has 0 aromatic carbocycles. The zero-order valence-corrected chi connectivity index (χ0v) is 11.3. The van der Waals surface area contributed by atoms with Gasteiger partial charge in [0.1, 0.15) is 0 Å². The lowest BCUT2D eigenvalue weighted by atomic mass is 9.84. The molecule has 0 unspecified atom stereocenters. The zero-order valence-electron chi connectivity index (χ0n) is 11.3. The molecule has 4 nitrogen and oxygen atoms in total. The first-order valence-corrected chi connectivity index (χ1v) is 7.42. The molecule has 3 heterocycles. The number of amides is 1. The van der Waals surface area contributed by atoms with Gasteiger partial charge in [-0.2, -0.15) is 0 Å². The normalized spacial score (nSPS) is 34.9. The molecule has 1 amide bonds. The molecule has 4 heteroatoms. The maximum atomic E-state index is 12.5. The summed E-state index contributed by atoms with van der Waals surface area (Å²) in [5.41, 5.74) is 0. The van der Waals surface area contributed by atoms with E-state index in [1.54, 1.807) is 0 Å². The molecule has 18 heavy (non-hydrogen) atoms. The summed E-state index contributed by atoms with van der Waals surface area (Å²) < 4.78 is 5.44. The molecule has 0 saturated carbocycles. The van der Waals surface area contributed by atoms with Crippen LogP contribution in [-0.4, -0.2) is 60.6 Å². The van der Waals surface area contributed by atoms with Crippen molar-refractivity contribution in [1.82, 2.24) is 9.80 Å². The van der Waals surface area contributed by atoms with E-state index in [9.17, 15) is 4.79 Å². The molecule has 0 radical (unpaired) electrons. The van der Waals surface area contributed by atoms with Gasteiger partial charge in [0.15, 0.2) is 0 Å². The Balaban J connectivity index is 1.73. The van der Waals surface area contributed by atoms with E-state index in [0.717, 1.165) is 58.0 Å². The quantitative estimate of drug-likeness (QED) is 0.738. The van der Waals surface area contributed by atoms with Crippen molar-refractivity contribution < 1.29 is 9.53 Å². The number of carbonyl (C=O) groups is 1. The van der Waals surface area contributed by atoms with Crippen molar-refractivity contribution in [2.24, 2.45) is 5.92 Å². The maximum Gasteiger partial charge on any atom is 0.239 e. The van der Waals surface area contributed by atoms with Crippen molar-refractivity contribution in [3.63, 3.8) is 0 Å². The molecule has 3 aliphatic heterocycles. The van der Waals surface area contributed by atoms with Crippen LogP contribution in [0.2, 0.25) is 0 Å². The van der Waals surface area contributed by atoms with Crippen molar-refractivity contribution in [1.29, 1.82) is 0 Å². The lowest BCUT2D eigenvalue weighted by Gasteiger charge is -2.49. The highest BCUT2D eigenvalue weighted by Crippen LogP contribution is 2.33. The molecule has 102 valence electrons. The zero-order chi connectivity index (χ0) is 12.5. The van der Waals surface area contributed by atoms with Crippen LogP contribution in [0.15, 0.2) is 0 Å². The van der Waals surface area contributed by atoms with Gasteiger partial charge >= 0.3 is 0 Å². The van der Waals surface area contributed by atoms with E-state index in [1.165, 1.54) is 6.42 Å². The van der Waals surface area contributed by atoms with Gasteiger partial charge in [-0.25, -0.2) is 0 Å².